The normalized spacial score (nSPS) is 23.8. The molecule has 0 aromatic heterocycles. The highest BCUT2D eigenvalue weighted by atomic mass is 32.2. The predicted octanol–water partition coefficient (Wildman–Crippen LogP) is 15.0. The summed E-state index contributed by atoms with van der Waals surface area (Å²) in [6, 6.07) is 91.7. The van der Waals surface area contributed by atoms with Crippen LogP contribution in [0.1, 0.15) is 81.7 Å². The van der Waals surface area contributed by atoms with E-state index in [9.17, 15) is 19.2 Å². The molecule has 568 valence electrons. The van der Waals surface area contributed by atoms with Crippen molar-refractivity contribution in [1.82, 2.24) is 0 Å². The summed E-state index contributed by atoms with van der Waals surface area (Å²) in [7, 11) is 0. The summed E-state index contributed by atoms with van der Waals surface area (Å²) in [6.45, 7) is 1.61. The van der Waals surface area contributed by atoms with Gasteiger partial charge in [-0.15, -0.1) is 11.8 Å². The van der Waals surface area contributed by atoms with Crippen LogP contribution in [0.2, 0.25) is 0 Å². The number of rotatable bonds is 35. The summed E-state index contributed by atoms with van der Waals surface area (Å²) < 4.78 is 105. The van der Waals surface area contributed by atoms with Gasteiger partial charge in [0.15, 0.2) is 37.0 Å². The summed E-state index contributed by atoms with van der Waals surface area (Å²) in [4.78, 5) is 58.7. The fourth-order valence-corrected chi connectivity index (χ4v) is 14.2. The number of carbonyl (C=O) groups excluding carboxylic acids is 4. The van der Waals surface area contributed by atoms with E-state index in [1.165, 1.54) is 11.8 Å². The molecule has 3 aliphatic rings. The molecule has 15 atom stereocenters. The molecule has 3 fully saturated rings. The SMILES string of the molecule is CCS[C@@H]1O[C@H](CO[C@@H]2O[C@H](CO[C@@H]3O[C@H](COCc4ccccc4)[C@@H](OCc4ccccc4)[C@H](OCc4ccccc4)[C@H]3OC(=O)c3ccccc3)[C@@H](OCc3ccccc3)[C@H](OCc3ccccc3)[C@H]2OCc2ccccc2)[C@@H](OC(=O)c2ccccc2)[C@H](OC(=O)c2ccccc2)[C@H]1OC(=O)c1ccccc1. The van der Waals surface area contributed by atoms with E-state index < -0.39 is 122 Å². The Labute approximate surface area is 644 Å². The lowest BCUT2D eigenvalue weighted by atomic mass is 9.96. The van der Waals surface area contributed by atoms with Gasteiger partial charge < -0.3 is 71.1 Å². The number of hydrogen-bond acceptors (Lipinski definition) is 20. The van der Waals surface area contributed by atoms with Gasteiger partial charge in [-0.2, -0.15) is 0 Å². The Balaban J connectivity index is 0.905. The molecule has 0 aliphatic carbocycles. The summed E-state index contributed by atoms with van der Waals surface area (Å²) >= 11 is 1.29. The van der Waals surface area contributed by atoms with Crippen molar-refractivity contribution in [2.75, 3.05) is 25.6 Å². The molecule has 0 amide bonds. The first-order chi connectivity index (χ1) is 54.2. The maximum Gasteiger partial charge on any atom is 0.338 e. The van der Waals surface area contributed by atoms with Crippen molar-refractivity contribution >= 4 is 35.6 Å². The molecular weight excluding hydrogens is 1420 g/mol. The highest BCUT2D eigenvalue weighted by Gasteiger charge is 2.56. The summed E-state index contributed by atoms with van der Waals surface area (Å²) in [6.07, 6.45) is -17.4. The zero-order valence-electron chi connectivity index (χ0n) is 60.8. The van der Waals surface area contributed by atoms with Crippen LogP contribution in [0.4, 0.5) is 0 Å². The van der Waals surface area contributed by atoms with Crippen LogP contribution in [0.3, 0.4) is 0 Å². The second kappa shape index (κ2) is 40.6. The number of carbonyl (C=O) groups is 4. The maximum absolute atomic E-state index is 14.9. The third-order valence-corrected chi connectivity index (χ3v) is 19.8. The second-order valence-electron chi connectivity index (χ2n) is 26.5. The van der Waals surface area contributed by atoms with Gasteiger partial charge in [0, 0.05) is 0 Å². The third kappa shape index (κ3) is 21.7. The first-order valence-corrected chi connectivity index (χ1v) is 38.0. The molecule has 0 saturated carbocycles. The van der Waals surface area contributed by atoms with Crippen LogP contribution in [0.5, 0.6) is 0 Å². The lowest BCUT2D eigenvalue weighted by molar-refractivity contribution is -0.352. The smallest absolute Gasteiger partial charge is 0.338 e. The molecule has 3 saturated heterocycles. The Hall–Kier alpha value is -10.0. The Morgan fingerprint density at radius 2 is 0.527 bits per heavy atom. The average Bonchev–Trinajstić information content (AvgIpc) is 0.779. The average molecular weight is 1510 g/mol. The molecule has 10 aromatic rings. The molecule has 0 bridgehead atoms. The number of thioether (sulfide) groups is 1. The fourth-order valence-electron chi connectivity index (χ4n) is 13.2. The van der Waals surface area contributed by atoms with Crippen molar-refractivity contribution in [3.05, 3.63) is 359 Å². The third-order valence-electron chi connectivity index (χ3n) is 18.8. The lowest BCUT2D eigenvalue weighted by Gasteiger charge is -2.48. The topological polar surface area (TPSA) is 207 Å². The monoisotopic (exact) mass is 1500 g/mol. The Morgan fingerprint density at radius 1 is 0.264 bits per heavy atom. The summed E-state index contributed by atoms with van der Waals surface area (Å²) in [5.74, 6) is -2.59. The van der Waals surface area contributed by atoms with E-state index in [2.05, 4.69) is 0 Å². The van der Waals surface area contributed by atoms with Crippen molar-refractivity contribution in [3.63, 3.8) is 0 Å². The minimum absolute atomic E-state index is 0.0287. The Kier molecular flexibility index (Phi) is 28.8. The van der Waals surface area contributed by atoms with E-state index in [-0.39, 0.29) is 75.1 Å². The molecule has 20 heteroatoms. The molecule has 0 radical (unpaired) electrons. The number of ether oxygens (including phenoxy) is 15. The van der Waals surface area contributed by atoms with E-state index in [4.69, 9.17) is 71.1 Å². The molecule has 19 nitrogen and oxygen atoms in total. The Morgan fingerprint density at radius 3 is 0.882 bits per heavy atom. The zero-order valence-corrected chi connectivity index (χ0v) is 61.6. The van der Waals surface area contributed by atoms with E-state index in [1.54, 1.807) is 115 Å². The van der Waals surface area contributed by atoms with Crippen LogP contribution < -0.4 is 0 Å². The van der Waals surface area contributed by atoms with Gasteiger partial charge in [0.05, 0.1) is 81.7 Å². The van der Waals surface area contributed by atoms with Crippen LogP contribution in [0.15, 0.2) is 303 Å². The van der Waals surface area contributed by atoms with Crippen molar-refractivity contribution in [1.29, 1.82) is 0 Å². The van der Waals surface area contributed by atoms with Crippen LogP contribution in [0, 0.1) is 0 Å². The predicted molar refractivity (Wildman–Crippen MR) is 410 cm³/mol. The van der Waals surface area contributed by atoms with Crippen molar-refractivity contribution < 1.29 is 90.2 Å². The first kappa shape index (κ1) is 78.1. The van der Waals surface area contributed by atoms with Gasteiger partial charge in [-0.3, -0.25) is 0 Å². The second-order valence-corrected chi connectivity index (χ2v) is 27.9. The lowest BCUT2D eigenvalue weighted by Crippen LogP contribution is -2.65. The minimum Gasteiger partial charge on any atom is -0.452 e. The summed E-state index contributed by atoms with van der Waals surface area (Å²) in [5, 5.41) is 0. The number of esters is 4. The van der Waals surface area contributed by atoms with Gasteiger partial charge in [-0.25, -0.2) is 19.2 Å². The molecular formula is C90H88O19S. The zero-order chi connectivity index (χ0) is 75.5. The van der Waals surface area contributed by atoms with Crippen LogP contribution >= 0.6 is 11.8 Å². The molecule has 10 aromatic carbocycles. The minimum atomic E-state index is -1.54. The van der Waals surface area contributed by atoms with Gasteiger partial charge in [0.25, 0.3) is 0 Å². The first-order valence-electron chi connectivity index (χ1n) is 36.9. The highest BCUT2D eigenvalue weighted by Crippen LogP contribution is 2.39. The number of hydrogen-bond donors (Lipinski definition) is 0. The molecule has 13 rings (SSSR count). The largest absolute Gasteiger partial charge is 0.452 e. The fraction of sp³-hybridized carbons (Fsp3) is 0.289. The molecule has 0 unspecified atom stereocenters. The molecule has 110 heavy (non-hydrogen) atoms. The molecule has 3 heterocycles. The van der Waals surface area contributed by atoms with Gasteiger partial charge in [0.2, 0.25) is 0 Å². The van der Waals surface area contributed by atoms with Crippen LogP contribution in [0.25, 0.3) is 0 Å². The van der Waals surface area contributed by atoms with E-state index >= 15 is 0 Å². The quantitative estimate of drug-likeness (QED) is 0.0267. The van der Waals surface area contributed by atoms with E-state index in [0.717, 1.165) is 33.4 Å². The summed E-state index contributed by atoms with van der Waals surface area (Å²) in [5.41, 5.74) is 4.86. The van der Waals surface area contributed by atoms with Gasteiger partial charge in [-0.05, 0) is 87.7 Å². The van der Waals surface area contributed by atoms with E-state index in [0.29, 0.717) is 5.75 Å². The van der Waals surface area contributed by atoms with Crippen molar-refractivity contribution in [3.8, 4) is 0 Å². The van der Waals surface area contributed by atoms with Gasteiger partial charge >= 0.3 is 23.9 Å². The van der Waals surface area contributed by atoms with Gasteiger partial charge in [0.1, 0.15) is 54.3 Å². The van der Waals surface area contributed by atoms with Crippen LogP contribution in [-0.4, -0.2) is 141 Å². The number of benzene rings is 10. The van der Waals surface area contributed by atoms with Crippen LogP contribution in [-0.2, 0) is 111 Å². The van der Waals surface area contributed by atoms with E-state index in [1.807, 2.05) is 195 Å². The van der Waals surface area contributed by atoms with Crippen molar-refractivity contribution in [2.45, 2.75) is 138 Å². The standard InChI is InChI=1S/C90H88O19S/c1-2-110-90-83(109-87(94)71-51-31-12-32-52-71)80(107-85(92)69-47-27-10-28-48-69)77(106-84(91)68-45-25-9-26-46-68)74(105-90)61-101-88-81(100-58-67-43-23-8-24-44-67)78(98-56-65-39-19-6-20-40-65)76(97-55-64-37-17-5-18-38-64)73(104-88)60-102-89-82(108-86(93)70-49-29-11-30-50-70)79(99-57-66-41-21-7-22-42-66)75(96-54-63-35-15-4-16-36-63)72(103-89)59-95-53-62-33-13-3-14-34-62/h3-52,72-83,88-90H,2,53-61H2,1H3/t72-,73-,74-,75-,76-,77-,78+,79+,80+,81-,82-,83-,88-,89-,90+/m1/s1. The Bertz CT molecular complexity index is 4380. The van der Waals surface area contributed by atoms with Crippen molar-refractivity contribution in [2.24, 2.45) is 0 Å². The maximum atomic E-state index is 14.9. The highest BCUT2D eigenvalue weighted by molar-refractivity contribution is 7.99. The molecule has 3 aliphatic heterocycles. The van der Waals surface area contributed by atoms with Gasteiger partial charge in [-0.1, -0.05) is 262 Å². The molecule has 0 spiro atoms. The molecule has 0 N–H and O–H groups in total.